The quantitative estimate of drug-likeness (QED) is 0.619. The topological polar surface area (TPSA) is 57.6 Å². The van der Waals surface area contributed by atoms with Gasteiger partial charge in [-0.3, -0.25) is 4.55 Å². The lowest BCUT2D eigenvalue weighted by molar-refractivity contribution is -0.0510. The van der Waals surface area contributed by atoms with Crippen molar-refractivity contribution in [3.63, 3.8) is 0 Å². The monoisotopic (exact) mass is 273 g/mol. The summed E-state index contributed by atoms with van der Waals surface area (Å²) in [6.07, 6.45) is 9.72. The van der Waals surface area contributed by atoms with Crippen molar-refractivity contribution in [3.8, 4) is 0 Å². The summed E-state index contributed by atoms with van der Waals surface area (Å²) in [5, 5.41) is 0. The van der Waals surface area contributed by atoms with Crippen molar-refractivity contribution in [2.75, 3.05) is 13.1 Å². The van der Waals surface area contributed by atoms with Gasteiger partial charge in [-0.25, -0.2) is 0 Å². The van der Waals surface area contributed by atoms with E-state index < -0.39 is 15.6 Å². The molecule has 1 heterocycles. The van der Waals surface area contributed by atoms with Gasteiger partial charge in [0.05, 0.1) is 0 Å². The molecule has 0 saturated heterocycles. The van der Waals surface area contributed by atoms with E-state index in [-0.39, 0.29) is 0 Å². The molecule has 0 bridgehead atoms. The maximum absolute atomic E-state index is 10.7. The second-order valence-corrected chi connectivity index (χ2v) is 4.60. The molecule has 0 aliphatic carbocycles. The Bertz CT molecular complexity index is 373. The Hall–Kier alpha value is -1.02. The van der Waals surface area contributed by atoms with Crippen LogP contribution in [0, 0.1) is 0 Å². The molecule has 1 aliphatic heterocycles. The van der Waals surface area contributed by atoms with E-state index in [4.69, 9.17) is 13.0 Å². The summed E-state index contributed by atoms with van der Waals surface area (Å²) in [5.74, 6) is 0. The van der Waals surface area contributed by atoms with Crippen LogP contribution in [0.3, 0.4) is 0 Å². The van der Waals surface area contributed by atoms with Crippen LogP contribution >= 0.6 is 0 Å². The summed E-state index contributed by atoms with van der Waals surface area (Å²) in [6.45, 7) is 4.47. The number of rotatable bonds is 2. The Balaban J connectivity index is 0.000000304. The fraction of sp³-hybridized carbons (Fsp3) is 0.556. The first-order valence-electron chi connectivity index (χ1n) is 4.79. The van der Waals surface area contributed by atoms with Crippen molar-refractivity contribution in [2.45, 2.75) is 18.9 Å². The molecule has 0 radical (unpaired) electrons. The molecule has 8 heteroatoms. The maximum Gasteiger partial charge on any atom is 0.522 e. The normalized spacial score (nSPS) is 15.5. The molecule has 0 aromatic heterocycles. The highest BCUT2D eigenvalue weighted by Crippen LogP contribution is 2.20. The average Bonchev–Trinajstić information content (AvgIpc) is 2.17. The van der Waals surface area contributed by atoms with Gasteiger partial charge in [0.15, 0.2) is 0 Å². The summed E-state index contributed by atoms with van der Waals surface area (Å²) in [7, 11) is -5.84. The lowest BCUT2D eigenvalue weighted by Gasteiger charge is -2.18. The molecular weight excluding hydrogens is 259 g/mol. The van der Waals surface area contributed by atoms with E-state index in [1.807, 2.05) is 0 Å². The van der Waals surface area contributed by atoms with E-state index >= 15 is 0 Å². The number of nitrogens with zero attached hydrogens (tertiary/aromatic N) is 1. The van der Waals surface area contributed by atoms with Crippen molar-refractivity contribution in [3.05, 3.63) is 24.4 Å². The first-order chi connectivity index (χ1) is 7.68. The van der Waals surface area contributed by atoms with E-state index in [0.29, 0.717) is 0 Å². The number of hydrogen-bond donors (Lipinski definition) is 1. The maximum atomic E-state index is 10.7. The predicted molar refractivity (Wildman–Crippen MR) is 57.7 cm³/mol. The van der Waals surface area contributed by atoms with Crippen LogP contribution in [0.1, 0.15) is 13.3 Å². The van der Waals surface area contributed by atoms with Gasteiger partial charge in [0.25, 0.3) is 0 Å². The van der Waals surface area contributed by atoms with Crippen LogP contribution < -0.4 is 0 Å². The van der Waals surface area contributed by atoms with Gasteiger partial charge in [-0.2, -0.15) is 21.6 Å². The second-order valence-electron chi connectivity index (χ2n) is 3.19. The van der Waals surface area contributed by atoms with Crippen LogP contribution in [0.2, 0.25) is 0 Å². The third kappa shape index (κ3) is 7.01. The Kier molecular flexibility index (Phi) is 6.25. The molecule has 0 spiro atoms. The summed E-state index contributed by atoms with van der Waals surface area (Å²) < 4.78 is 57.5. The van der Waals surface area contributed by atoms with Gasteiger partial charge >= 0.3 is 15.6 Å². The molecule has 0 amide bonds. The number of hydrogen-bond acceptors (Lipinski definition) is 3. The molecule has 1 rings (SSSR count). The summed E-state index contributed by atoms with van der Waals surface area (Å²) in [4.78, 5) is 2.31. The van der Waals surface area contributed by atoms with Crippen LogP contribution in [0.4, 0.5) is 13.2 Å². The third-order valence-electron chi connectivity index (χ3n) is 1.69. The minimum Gasteiger partial charge on any atom is -0.374 e. The third-order valence-corrected chi connectivity index (χ3v) is 2.27. The van der Waals surface area contributed by atoms with Crippen molar-refractivity contribution in [1.29, 1.82) is 0 Å². The van der Waals surface area contributed by atoms with Gasteiger partial charge in [-0.05, 0) is 18.7 Å². The molecule has 4 nitrogen and oxygen atoms in total. The first kappa shape index (κ1) is 16.0. The molecule has 0 aromatic rings. The number of alkyl halides is 3. The fourth-order valence-corrected chi connectivity index (χ4v) is 0.960. The lowest BCUT2D eigenvalue weighted by atomic mass is 10.3. The van der Waals surface area contributed by atoms with E-state index in [2.05, 4.69) is 36.3 Å². The zero-order chi connectivity index (χ0) is 13.5. The van der Waals surface area contributed by atoms with Crippen molar-refractivity contribution >= 4 is 10.1 Å². The molecule has 17 heavy (non-hydrogen) atoms. The minimum atomic E-state index is -5.84. The summed E-state index contributed by atoms with van der Waals surface area (Å²) in [5.41, 5.74) is -5.53. The van der Waals surface area contributed by atoms with Gasteiger partial charge in [0.2, 0.25) is 0 Å². The van der Waals surface area contributed by atoms with Crippen LogP contribution in [0.25, 0.3) is 0 Å². The van der Waals surface area contributed by atoms with Crippen molar-refractivity contribution < 1.29 is 26.1 Å². The average molecular weight is 273 g/mol. The van der Waals surface area contributed by atoms with Gasteiger partial charge in [-0.15, -0.1) is 0 Å². The fourth-order valence-electron chi connectivity index (χ4n) is 0.960. The zero-order valence-corrected chi connectivity index (χ0v) is 10.0. The van der Waals surface area contributed by atoms with Gasteiger partial charge in [0, 0.05) is 13.1 Å². The Morgan fingerprint density at radius 1 is 1.35 bits per heavy atom. The highest BCUT2D eigenvalue weighted by molar-refractivity contribution is 7.86. The molecular formula is C9H14F3NO3S. The molecule has 1 aliphatic rings. The Morgan fingerprint density at radius 3 is 2.18 bits per heavy atom. The molecule has 0 saturated carbocycles. The highest BCUT2D eigenvalue weighted by Gasteiger charge is 2.44. The molecule has 0 aromatic carbocycles. The number of halogens is 3. The van der Waals surface area contributed by atoms with Crippen molar-refractivity contribution in [2.24, 2.45) is 0 Å². The zero-order valence-electron chi connectivity index (χ0n) is 9.18. The van der Waals surface area contributed by atoms with Crippen LogP contribution in [0.15, 0.2) is 24.4 Å². The lowest BCUT2D eigenvalue weighted by Crippen LogP contribution is -2.21. The number of allylic oxidation sites excluding steroid dienone is 2. The summed E-state index contributed by atoms with van der Waals surface area (Å²) in [6, 6.07) is 0. The van der Waals surface area contributed by atoms with Gasteiger partial charge in [0.1, 0.15) is 0 Å². The Morgan fingerprint density at radius 2 is 1.88 bits per heavy atom. The molecule has 0 atom stereocenters. The van der Waals surface area contributed by atoms with Crippen molar-refractivity contribution in [1.82, 2.24) is 4.90 Å². The molecule has 0 unspecified atom stereocenters. The minimum absolute atomic E-state index is 1.09. The largest absolute Gasteiger partial charge is 0.522 e. The van der Waals surface area contributed by atoms with Crippen LogP contribution in [-0.2, 0) is 10.1 Å². The van der Waals surface area contributed by atoms with E-state index in [9.17, 15) is 13.2 Å². The van der Waals surface area contributed by atoms with E-state index in [1.54, 1.807) is 0 Å². The van der Waals surface area contributed by atoms with Gasteiger partial charge in [-0.1, -0.05) is 19.1 Å². The standard InChI is InChI=1S/C8H13N.CHF3O3S/c1-2-6-9-7-4-3-5-8-9;2-1(3,4)8(5,6)7/h3-5,7H,2,6,8H2,1H3;(H,5,6,7). The first-order valence-corrected chi connectivity index (χ1v) is 6.23. The van der Waals surface area contributed by atoms with Crippen LogP contribution in [-0.4, -0.2) is 36.5 Å². The molecule has 100 valence electrons. The molecule has 1 N–H and O–H groups in total. The second kappa shape index (κ2) is 6.65. The van der Waals surface area contributed by atoms with Crippen LogP contribution in [0.5, 0.6) is 0 Å². The SMILES string of the molecule is CCCN1C=CC=CC1.O=S(=O)(O)C(F)(F)F. The highest BCUT2D eigenvalue weighted by atomic mass is 32.2. The van der Waals surface area contributed by atoms with Gasteiger partial charge < -0.3 is 4.90 Å². The smallest absolute Gasteiger partial charge is 0.374 e. The molecule has 0 fully saturated rings. The predicted octanol–water partition coefficient (Wildman–Crippen LogP) is 2.18. The van der Waals surface area contributed by atoms with E-state index in [1.165, 1.54) is 13.0 Å². The Labute approximate surface area is 98.2 Å². The summed E-state index contributed by atoms with van der Waals surface area (Å²) >= 11 is 0. The van der Waals surface area contributed by atoms with E-state index in [0.717, 1.165) is 6.54 Å².